The Hall–Kier alpha value is -3.29. The predicted octanol–water partition coefficient (Wildman–Crippen LogP) is 6.95. The summed E-state index contributed by atoms with van der Waals surface area (Å²) in [6.07, 6.45) is 3.55. The molecule has 180 valence electrons. The van der Waals surface area contributed by atoms with Gasteiger partial charge >= 0.3 is 5.97 Å². The van der Waals surface area contributed by atoms with Crippen LogP contribution in [0.4, 0.5) is 10.5 Å². The normalized spacial score (nSPS) is 14.7. The molecule has 2 aromatic carbocycles. The largest absolute Gasteiger partial charge is 0.462 e. The number of halogens is 1. The summed E-state index contributed by atoms with van der Waals surface area (Å²) in [6.45, 7) is 6.38. The number of nitrogens with zero attached hydrogens (tertiary/aromatic N) is 2. The molecule has 3 aromatic rings. The van der Waals surface area contributed by atoms with Crippen molar-refractivity contribution < 1.29 is 19.1 Å². The Morgan fingerprint density at radius 2 is 1.80 bits per heavy atom. The number of benzene rings is 2. The minimum Gasteiger partial charge on any atom is -0.462 e. The Kier molecular flexibility index (Phi) is 7.48. The van der Waals surface area contributed by atoms with Crippen LogP contribution in [-0.2, 0) is 9.53 Å². The number of thioether (sulfide) groups is 1. The van der Waals surface area contributed by atoms with Crippen LogP contribution >= 0.6 is 23.4 Å². The first kappa shape index (κ1) is 24.8. The molecule has 0 atom stereocenters. The van der Waals surface area contributed by atoms with E-state index < -0.39 is 0 Å². The topological polar surface area (TPSA) is 68.6 Å². The lowest BCUT2D eigenvalue weighted by atomic mass is 10.2. The number of hydrogen-bond donors (Lipinski definition) is 0. The van der Waals surface area contributed by atoms with E-state index in [1.807, 2.05) is 43.5 Å². The molecule has 0 unspecified atom stereocenters. The van der Waals surface area contributed by atoms with Crippen LogP contribution in [0.15, 0.2) is 59.5 Å². The molecule has 35 heavy (non-hydrogen) atoms. The second-order valence-corrected chi connectivity index (χ2v) is 9.62. The summed E-state index contributed by atoms with van der Waals surface area (Å²) in [5, 5.41) is 0.0908. The maximum absolute atomic E-state index is 13.0. The predicted molar refractivity (Wildman–Crippen MR) is 140 cm³/mol. The summed E-state index contributed by atoms with van der Waals surface area (Å²) >= 11 is 6.95. The summed E-state index contributed by atoms with van der Waals surface area (Å²) in [5.74, 6) is -0.708. The lowest BCUT2D eigenvalue weighted by molar-refractivity contribution is -0.113. The molecule has 1 saturated heterocycles. The van der Waals surface area contributed by atoms with Crippen molar-refractivity contribution in [3.63, 3.8) is 0 Å². The van der Waals surface area contributed by atoms with E-state index in [0.29, 0.717) is 27.8 Å². The van der Waals surface area contributed by atoms with Crippen LogP contribution < -0.4 is 4.90 Å². The molecular weight excluding hydrogens is 484 g/mol. The van der Waals surface area contributed by atoms with E-state index in [2.05, 4.69) is 0 Å². The fourth-order valence-corrected chi connectivity index (χ4v) is 4.93. The molecule has 0 N–H and O–H groups in total. The second-order valence-electron chi connectivity index (χ2n) is 8.20. The number of anilines is 1. The first-order valence-electron chi connectivity index (χ1n) is 11.3. The third kappa shape index (κ3) is 5.21. The first-order chi connectivity index (χ1) is 16.8. The molecule has 1 fully saturated rings. The Morgan fingerprint density at radius 1 is 1.06 bits per heavy atom. The second kappa shape index (κ2) is 10.5. The molecule has 1 aromatic heterocycles. The zero-order valence-corrected chi connectivity index (χ0v) is 21.3. The molecule has 0 saturated carbocycles. The van der Waals surface area contributed by atoms with Crippen molar-refractivity contribution in [2.45, 2.75) is 33.6 Å². The van der Waals surface area contributed by atoms with E-state index in [-0.39, 0.29) is 17.1 Å². The van der Waals surface area contributed by atoms with Gasteiger partial charge in [0.15, 0.2) is 0 Å². The van der Waals surface area contributed by atoms with Gasteiger partial charge in [-0.05, 0) is 92.2 Å². The van der Waals surface area contributed by atoms with Crippen LogP contribution in [-0.4, -0.2) is 28.3 Å². The van der Waals surface area contributed by atoms with Crippen LogP contribution in [0, 0.1) is 13.8 Å². The molecule has 1 aliphatic heterocycles. The molecule has 1 aliphatic rings. The summed E-state index contributed by atoms with van der Waals surface area (Å²) in [5.41, 5.74) is 4.54. The van der Waals surface area contributed by atoms with E-state index in [4.69, 9.17) is 16.3 Å². The Bertz CT molecular complexity index is 1330. The molecule has 4 rings (SSSR count). The minimum absolute atomic E-state index is 0.331. The maximum atomic E-state index is 13.0. The molecule has 0 radical (unpaired) electrons. The smallest absolute Gasteiger partial charge is 0.338 e. The van der Waals surface area contributed by atoms with Gasteiger partial charge in [0.05, 0.1) is 22.8 Å². The van der Waals surface area contributed by atoms with Crippen molar-refractivity contribution in [3.05, 3.63) is 87.0 Å². The van der Waals surface area contributed by atoms with Gasteiger partial charge in [-0.3, -0.25) is 9.59 Å². The summed E-state index contributed by atoms with van der Waals surface area (Å²) in [6, 6.07) is 15.9. The van der Waals surface area contributed by atoms with E-state index in [0.717, 1.165) is 52.1 Å². The van der Waals surface area contributed by atoms with Gasteiger partial charge in [-0.2, -0.15) is 0 Å². The van der Waals surface area contributed by atoms with Crippen LogP contribution in [0.25, 0.3) is 11.8 Å². The highest BCUT2D eigenvalue weighted by atomic mass is 35.5. The van der Waals surface area contributed by atoms with Crippen molar-refractivity contribution in [2.24, 2.45) is 0 Å². The first-order valence-corrected chi connectivity index (χ1v) is 12.5. The molecule has 0 spiro atoms. The SMILES string of the molecule is CCCCOC(=O)c1ccc(-n2c(C)cc(/C=C3\SC(=O)N(c4cccc(Cl)c4)C3=O)c2C)cc1. The molecule has 0 bridgehead atoms. The minimum atomic E-state index is -0.377. The van der Waals surface area contributed by atoms with Gasteiger partial charge in [-0.25, -0.2) is 9.69 Å². The lowest BCUT2D eigenvalue weighted by Gasteiger charge is -2.12. The Balaban J connectivity index is 1.58. The van der Waals surface area contributed by atoms with E-state index >= 15 is 0 Å². The number of unbranched alkanes of at least 4 members (excludes halogenated alkanes) is 1. The molecule has 6 nitrogen and oxygen atoms in total. The molecule has 2 amide bonds. The number of carbonyl (C=O) groups is 3. The average molecular weight is 509 g/mol. The number of hydrogen-bond acceptors (Lipinski definition) is 5. The number of rotatable bonds is 7. The van der Waals surface area contributed by atoms with Crippen LogP contribution in [0.5, 0.6) is 0 Å². The zero-order chi connectivity index (χ0) is 25.1. The molecule has 0 aliphatic carbocycles. The lowest BCUT2D eigenvalue weighted by Crippen LogP contribution is -2.27. The van der Waals surface area contributed by atoms with Gasteiger partial charge in [0.2, 0.25) is 0 Å². The number of aromatic nitrogens is 1. The van der Waals surface area contributed by atoms with Crippen molar-refractivity contribution in [2.75, 3.05) is 11.5 Å². The summed E-state index contributed by atoms with van der Waals surface area (Å²) < 4.78 is 7.32. The number of imide groups is 1. The quantitative estimate of drug-likeness (QED) is 0.196. The van der Waals surface area contributed by atoms with E-state index in [9.17, 15) is 14.4 Å². The van der Waals surface area contributed by atoms with Gasteiger partial charge in [0.1, 0.15) is 0 Å². The highest BCUT2D eigenvalue weighted by molar-refractivity contribution is 8.19. The summed E-state index contributed by atoms with van der Waals surface area (Å²) in [7, 11) is 0. The monoisotopic (exact) mass is 508 g/mol. The third-order valence-electron chi connectivity index (χ3n) is 5.71. The van der Waals surface area contributed by atoms with Crippen LogP contribution in [0.3, 0.4) is 0 Å². The number of esters is 1. The van der Waals surface area contributed by atoms with Crippen LogP contribution in [0.2, 0.25) is 5.02 Å². The van der Waals surface area contributed by atoms with Gasteiger partial charge in [-0.15, -0.1) is 0 Å². The van der Waals surface area contributed by atoms with Crippen molar-refractivity contribution in [3.8, 4) is 5.69 Å². The molecule has 8 heteroatoms. The van der Waals surface area contributed by atoms with Gasteiger partial charge in [0, 0.05) is 22.1 Å². The third-order valence-corrected chi connectivity index (χ3v) is 6.81. The van der Waals surface area contributed by atoms with E-state index in [1.165, 1.54) is 0 Å². The summed E-state index contributed by atoms with van der Waals surface area (Å²) in [4.78, 5) is 39.3. The van der Waals surface area contributed by atoms with Gasteiger partial charge < -0.3 is 9.30 Å². The number of ether oxygens (including phenoxy) is 1. The standard InChI is InChI=1S/C27H25ClN2O4S/c1-4-5-13-34-26(32)19-9-11-22(12-10-19)29-17(2)14-20(18(29)3)15-24-25(31)30(27(33)35-24)23-8-6-7-21(28)16-23/h6-12,14-16H,4-5,13H2,1-3H3/b24-15-. The Labute approximate surface area is 213 Å². The van der Waals surface area contributed by atoms with Gasteiger partial charge in [-0.1, -0.05) is 31.0 Å². The van der Waals surface area contributed by atoms with Crippen LogP contribution in [0.1, 0.15) is 47.1 Å². The highest BCUT2D eigenvalue weighted by Gasteiger charge is 2.36. The molecular formula is C27H25ClN2O4S. The zero-order valence-electron chi connectivity index (χ0n) is 19.7. The number of aryl methyl sites for hydroxylation is 1. The average Bonchev–Trinajstić information content (AvgIpc) is 3.27. The fourth-order valence-electron chi connectivity index (χ4n) is 3.92. The number of amides is 2. The van der Waals surface area contributed by atoms with E-state index in [1.54, 1.807) is 42.5 Å². The highest BCUT2D eigenvalue weighted by Crippen LogP contribution is 2.37. The number of carbonyl (C=O) groups excluding carboxylic acids is 3. The maximum Gasteiger partial charge on any atom is 0.338 e. The van der Waals surface area contributed by atoms with Crippen molar-refractivity contribution >= 4 is 52.2 Å². The Morgan fingerprint density at radius 3 is 2.49 bits per heavy atom. The fraction of sp³-hybridized carbons (Fsp3) is 0.222. The van der Waals surface area contributed by atoms with Crippen molar-refractivity contribution in [1.82, 2.24) is 4.57 Å². The molecule has 2 heterocycles. The van der Waals surface area contributed by atoms with Crippen molar-refractivity contribution in [1.29, 1.82) is 0 Å². The van der Waals surface area contributed by atoms with Gasteiger partial charge in [0.25, 0.3) is 11.1 Å².